The number of methoxy groups -OCH3 is 2. The average Bonchev–Trinajstić information content (AvgIpc) is 4.21. The van der Waals surface area contributed by atoms with Gasteiger partial charge in [-0.2, -0.15) is 5.26 Å². The molecule has 16 heteroatoms. The first-order valence-corrected chi connectivity index (χ1v) is 27.9. The van der Waals surface area contributed by atoms with Gasteiger partial charge in [0.25, 0.3) is 14.4 Å². The highest BCUT2D eigenvalue weighted by Gasteiger charge is 2.52. The molecule has 1 aliphatic heterocycles. The lowest BCUT2D eigenvalue weighted by Crippen LogP contribution is -2.43. The number of nitriles is 1. The first-order chi connectivity index (χ1) is 39.1. The second-order valence-electron chi connectivity index (χ2n) is 20.2. The number of aromatic nitrogens is 4. The Kier molecular flexibility index (Phi) is 16.1. The zero-order chi connectivity index (χ0) is 55.3. The van der Waals surface area contributed by atoms with Gasteiger partial charge in [-0.25, -0.2) is 19.6 Å². The molecule has 1 amide bonds. The molecule has 1 saturated heterocycles. The molecule has 11 rings (SSSR count). The molecular formula is C64H62N7O8P. The number of fused-ring (bicyclic) bond motifs is 1. The topological polar surface area (TPSA) is 164 Å². The van der Waals surface area contributed by atoms with E-state index in [2.05, 4.69) is 115 Å². The summed E-state index contributed by atoms with van der Waals surface area (Å²) in [6.45, 7) is 8.66. The maximum absolute atomic E-state index is 13.6. The van der Waals surface area contributed by atoms with E-state index < -0.39 is 38.7 Å². The Labute approximate surface area is 466 Å². The Morgan fingerprint density at radius 3 is 1.98 bits per heavy atom. The van der Waals surface area contributed by atoms with E-state index in [-0.39, 0.29) is 50.1 Å². The second-order valence-corrected chi connectivity index (χ2v) is 21.6. The molecule has 0 spiro atoms. The molecule has 0 saturated carbocycles. The van der Waals surface area contributed by atoms with Gasteiger partial charge in [0.05, 0.1) is 52.9 Å². The van der Waals surface area contributed by atoms with E-state index in [1.807, 2.05) is 77.4 Å². The number of rotatable bonds is 22. The minimum absolute atomic E-state index is 0.0257. The number of hydrogen-bond acceptors (Lipinski definition) is 13. The van der Waals surface area contributed by atoms with E-state index in [4.69, 9.17) is 42.7 Å². The molecule has 0 bridgehead atoms. The van der Waals surface area contributed by atoms with Crippen LogP contribution in [-0.4, -0.2) is 87.9 Å². The summed E-state index contributed by atoms with van der Waals surface area (Å²) in [6, 6.07) is 56.3. The van der Waals surface area contributed by atoms with Crippen LogP contribution in [-0.2, 0) is 35.5 Å². The molecule has 406 valence electrons. The van der Waals surface area contributed by atoms with Gasteiger partial charge >= 0.3 is 0 Å². The van der Waals surface area contributed by atoms with Crippen LogP contribution in [0.2, 0.25) is 0 Å². The molecule has 3 heterocycles. The van der Waals surface area contributed by atoms with Crippen molar-refractivity contribution in [3.05, 3.63) is 204 Å². The normalized spacial score (nSPS) is 17.1. The van der Waals surface area contributed by atoms with Gasteiger partial charge in [0, 0.05) is 17.6 Å². The van der Waals surface area contributed by atoms with Crippen molar-refractivity contribution >= 4 is 63.7 Å². The lowest BCUT2D eigenvalue weighted by atomic mass is 9.80. The Morgan fingerprint density at radius 2 is 1.34 bits per heavy atom. The third-order valence-corrected chi connectivity index (χ3v) is 16.9. The van der Waals surface area contributed by atoms with Crippen LogP contribution in [0.25, 0.3) is 43.5 Å². The summed E-state index contributed by atoms with van der Waals surface area (Å²) < 4.78 is 52.1. The first kappa shape index (κ1) is 54.1. The van der Waals surface area contributed by atoms with Crippen LogP contribution in [0, 0.1) is 11.3 Å². The molecule has 1 fully saturated rings. The summed E-state index contributed by atoms with van der Waals surface area (Å²) in [4.78, 5) is 27.8. The quantitative estimate of drug-likeness (QED) is 0.0295. The second kappa shape index (κ2) is 23.8. The van der Waals surface area contributed by atoms with Gasteiger partial charge in [-0.15, -0.1) is 0 Å². The summed E-state index contributed by atoms with van der Waals surface area (Å²) in [5.74, 6) is 1.26. The van der Waals surface area contributed by atoms with Crippen LogP contribution >= 0.6 is 8.53 Å². The SMILES string of the molecule is COc1ccc(C(OC[C@H]2O[C@@H](n3cnc4c(NC(=O)c5ccccc5)ncnc43)[C@H](OCc3ccc4ccc5cccc6ccc3c4c56)[C@@H]2OP(OCCC#N)N(C(C)C)C(C)C)(c2ccccc2)c2ccc(OC)cc2)cc1. The Morgan fingerprint density at radius 1 is 0.725 bits per heavy atom. The third-order valence-electron chi connectivity index (χ3n) is 14.7. The predicted octanol–water partition coefficient (Wildman–Crippen LogP) is 13.1. The predicted molar refractivity (Wildman–Crippen MR) is 311 cm³/mol. The van der Waals surface area contributed by atoms with E-state index in [1.165, 1.54) is 11.7 Å². The zero-order valence-corrected chi connectivity index (χ0v) is 46.3. The number of imidazole rings is 1. The van der Waals surface area contributed by atoms with E-state index >= 15 is 0 Å². The van der Waals surface area contributed by atoms with Crippen LogP contribution in [0.5, 0.6) is 11.5 Å². The fraction of sp³-hybridized carbons (Fsp3) is 0.266. The van der Waals surface area contributed by atoms with Gasteiger partial charge in [0.1, 0.15) is 41.7 Å². The maximum atomic E-state index is 13.6. The van der Waals surface area contributed by atoms with Crippen LogP contribution in [0.4, 0.5) is 5.82 Å². The Balaban J connectivity index is 1.07. The van der Waals surface area contributed by atoms with Gasteiger partial charge in [-0.05, 0) is 119 Å². The van der Waals surface area contributed by atoms with Gasteiger partial charge < -0.3 is 38.0 Å². The number of nitrogens with one attached hydrogen (secondary N) is 1. The highest BCUT2D eigenvalue weighted by atomic mass is 31.2. The molecule has 1 N–H and O–H groups in total. The van der Waals surface area contributed by atoms with E-state index in [1.54, 1.807) is 44.8 Å². The molecule has 1 unspecified atom stereocenters. The highest BCUT2D eigenvalue weighted by molar-refractivity contribution is 7.44. The zero-order valence-electron chi connectivity index (χ0n) is 45.4. The summed E-state index contributed by atoms with van der Waals surface area (Å²) in [5.41, 5.74) is 3.45. The van der Waals surface area contributed by atoms with Gasteiger partial charge in [-0.1, -0.05) is 127 Å². The van der Waals surface area contributed by atoms with Crippen molar-refractivity contribution in [2.45, 2.75) is 82.9 Å². The third kappa shape index (κ3) is 10.6. The number of carbonyl (C=O) groups is 1. The van der Waals surface area contributed by atoms with Crippen molar-refractivity contribution in [1.82, 2.24) is 24.2 Å². The van der Waals surface area contributed by atoms with Crippen LogP contribution in [0.15, 0.2) is 176 Å². The van der Waals surface area contributed by atoms with E-state index in [0.717, 1.165) is 49.2 Å². The number of hydrogen-bond donors (Lipinski definition) is 1. The van der Waals surface area contributed by atoms with Crippen molar-refractivity contribution in [3.8, 4) is 17.6 Å². The van der Waals surface area contributed by atoms with Crippen molar-refractivity contribution in [1.29, 1.82) is 5.26 Å². The van der Waals surface area contributed by atoms with Crippen molar-refractivity contribution in [2.24, 2.45) is 0 Å². The molecule has 80 heavy (non-hydrogen) atoms. The Bertz CT molecular complexity index is 3690. The molecular weight excluding hydrogens is 1030 g/mol. The Hall–Kier alpha value is -7.90. The van der Waals surface area contributed by atoms with Crippen molar-refractivity contribution < 1.29 is 37.5 Å². The highest BCUT2D eigenvalue weighted by Crippen LogP contribution is 2.52. The largest absolute Gasteiger partial charge is 0.497 e. The minimum atomic E-state index is -1.89. The molecule has 1 aliphatic rings. The number of anilines is 1. The molecule has 2 aromatic heterocycles. The number of nitrogens with zero attached hydrogens (tertiary/aromatic N) is 6. The van der Waals surface area contributed by atoms with Gasteiger partial charge in [0.2, 0.25) is 0 Å². The van der Waals surface area contributed by atoms with Gasteiger partial charge in [0.15, 0.2) is 23.2 Å². The number of benzene rings is 8. The minimum Gasteiger partial charge on any atom is -0.497 e. The number of ether oxygens (including phenoxy) is 5. The maximum Gasteiger partial charge on any atom is 0.259 e. The standard InChI is InChI=1S/C64H62N7O8P/c1-41(2)71(42(3)4)80(77-36-14-35-65)79-58-54(38-76-64(48-19-11-8-12-20-48,49-26-30-51(73-5)31-27-49)50-28-32-52(74-6)33-29-50)78-63(70-40-68-57-60(66-39-67-61(57)70)69-62(72)46-15-9-7-10-16-46)59(58)75-37-47-24-23-45-22-21-43-17-13-18-44-25-34-53(47)56(45)55(43)44/h7-13,15-34,39-42,54,58-59,63H,14,36-38H2,1-6H3,(H,66,67,69,72)/t54-,58-,59-,63-,80?/m1/s1. The van der Waals surface area contributed by atoms with Crippen LogP contribution < -0.4 is 14.8 Å². The smallest absolute Gasteiger partial charge is 0.259 e. The summed E-state index contributed by atoms with van der Waals surface area (Å²) >= 11 is 0. The fourth-order valence-electron chi connectivity index (χ4n) is 11.1. The van der Waals surface area contributed by atoms with Crippen LogP contribution in [0.3, 0.4) is 0 Å². The molecule has 8 aromatic carbocycles. The molecule has 10 aromatic rings. The molecule has 15 nitrogen and oxygen atoms in total. The molecule has 5 atom stereocenters. The molecule has 0 aliphatic carbocycles. The fourth-order valence-corrected chi connectivity index (χ4v) is 12.8. The van der Waals surface area contributed by atoms with Crippen molar-refractivity contribution in [2.75, 3.05) is 32.8 Å². The summed E-state index contributed by atoms with van der Waals surface area (Å²) in [5, 5.41) is 19.6. The lowest BCUT2D eigenvalue weighted by Gasteiger charge is -2.39. The number of amides is 1. The first-order valence-electron chi connectivity index (χ1n) is 26.8. The van der Waals surface area contributed by atoms with E-state index in [0.29, 0.717) is 28.2 Å². The summed E-state index contributed by atoms with van der Waals surface area (Å²) in [6.07, 6.45) is -0.423. The number of carbonyl (C=O) groups excluding carboxylic acids is 1. The summed E-state index contributed by atoms with van der Waals surface area (Å²) in [7, 11) is 1.40. The van der Waals surface area contributed by atoms with Crippen molar-refractivity contribution in [3.63, 3.8) is 0 Å². The molecule has 0 radical (unpaired) electrons. The lowest BCUT2D eigenvalue weighted by molar-refractivity contribution is -0.0963. The van der Waals surface area contributed by atoms with Gasteiger partial charge in [-0.3, -0.25) is 9.36 Å². The average molecular weight is 1090 g/mol. The van der Waals surface area contributed by atoms with Crippen LogP contribution in [0.1, 0.15) is 73.0 Å². The van der Waals surface area contributed by atoms with E-state index in [9.17, 15) is 10.1 Å². The monoisotopic (exact) mass is 1090 g/mol.